The van der Waals surface area contributed by atoms with Crippen LogP contribution in [0.3, 0.4) is 0 Å². The van der Waals surface area contributed by atoms with Gasteiger partial charge in [0.05, 0.1) is 11.3 Å². The van der Waals surface area contributed by atoms with Gasteiger partial charge >= 0.3 is 0 Å². The second-order valence-electron chi connectivity index (χ2n) is 6.20. The summed E-state index contributed by atoms with van der Waals surface area (Å²) < 4.78 is 14.7. The molecule has 4 rings (SSSR count). The van der Waals surface area contributed by atoms with E-state index in [1.807, 2.05) is 0 Å². The van der Waals surface area contributed by atoms with Crippen LogP contribution < -0.4 is 0 Å². The molecule has 0 amide bonds. The van der Waals surface area contributed by atoms with E-state index in [1.165, 1.54) is 12.1 Å². The van der Waals surface area contributed by atoms with E-state index in [0.717, 1.165) is 29.9 Å². The van der Waals surface area contributed by atoms with Crippen LogP contribution in [-0.2, 0) is 12.8 Å². The van der Waals surface area contributed by atoms with Gasteiger partial charge in [0, 0.05) is 19.0 Å². The van der Waals surface area contributed by atoms with Gasteiger partial charge < -0.3 is 0 Å². The van der Waals surface area contributed by atoms with Crippen LogP contribution in [0.25, 0.3) is 5.78 Å². The Hall–Kier alpha value is -2.63. The molecule has 0 unspecified atom stereocenters. The summed E-state index contributed by atoms with van der Waals surface area (Å²) in [6, 6.07) is 6.35. The molecule has 0 fully saturated rings. The molecule has 0 radical (unpaired) electrons. The lowest BCUT2D eigenvalue weighted by Gasteiger charge is -2.23. The first kappa shape index (κ1) is 14.9. The van der Waals surface area contributed by atoms with Gasteiger partial charge in [0.15, 0.2) is 11.6 Å². The Labute approximate surface area is 138 Å². The van der Waals surface area contributed by atoms with Crippen LogP contribution in [0, 0.1) is 5.82 Å². The summed E-state index contributed by atoms with van der Waals surface area (Å²) in [5, 5.41) is 4.38. The molecule has 24 heavy (non-hydrogen) atoms. The first-order valence-electron chi connectivity index (χ1n) is 8.18. The second kappa shape index (κ2) is 5.78. The Morgan fingerprint density at radius 3 is 2.75 bits per heavy atom. The number of hydrogen-bond acceptors (Lipinski definition) is 4. The van der Waals surface area contributed by atoms with E-state index in [4.69, 9.17) is 0 Å². The van der Waals surface area contributed by atoms with Crippen molar-refractivity contribution in [2.75, 3.05) is 0 Å². The zero-order valence-corrected chi connectivity index (χ0v) is 13.4. The van der Waals surface area contributed by atoms with E-state index >= 15 is 0 Å². The van der Waals surface area contributed by atoms with Crippen LogP contribution in [0.4, 0.5) is 4.39 Å². The van der Waals surface area contributed by atoms with Crippen LogP contribution in [0.15, 0.2) is 30.5 Å². The molecule has 0 aliphatic heterocycles. The average molecular weight is 324 g/mol. The molecule has 0 spiro atoms. The van der Waals surface area contributed by atoms with Crippen molar-refractivity contribution >= 4 is 11.6 Å². The van der Waals surface area contributed by atoms with Crippen molar-refractivity contribution in [2.45, 2.75) is 38.5 Å². The molecule has 2 heterocycles. The molecule has 0 N–H and O–H groups in total. The number of halogens is 1. The maximum absolute atomic E-state index is 13.1. The Balaban J connectivity index is 1.72. The molecular weight excluding hydrogens is 307 g/mol. The zero-order valence-electron chi connectivity index (χ0n) is 13.4. The molecule has 2 aromatic heterocycles. The Kier molecular flexibility index (Phi) is 3.59. The standard InChI is InChI=1S/C18H17FN4O/c1-2-3-17-21-18-20-15-8-12(11-4-6-13(19)7-5-11)9-16(24)14(15)10-23(18)22-17/h4-7,10,12H,2-3,8-9H2,1H3/t12-/m0/s1. The summed E-state index contributed by atoms with van der Waals surface area (Å²) >= 11 is 0. The minimum atomic E-state index is -0.270. The van der Waals surface area contributed by atoms with Crippen molar-refractivity contribution in [2.24, 2.45) is 0 Å². The smallest absolute Gasteiger partial charge is 0.252 e. The molecule has 3 aromatic rings. The first-order valence-corrected chi connectivity index (χ1v) is 8.18. The number of Topliss-reactive ketones (excluding diaryl/α,β-unsaturated/α-hetero) is 1. The van der Waals surface area contributed by atoms with Gasteiger partial charge in [-0.2, -0.15) is 4.98 Å². The number of aryl methyl sites for hydroxylation is 1. The number of carbonyl (C=O) groups excluding carboxylic acids is 1. The average Bonchev–Trinajstić information content (AvgIpc) is 2.95. The third-order valence-corrected chi connectivity index (χ3v) is 4.44. The van der Waals surface area contributed by atoms with Crippen molar-refractivity contribution in [3.05, 3.63) is 58.9 Å². The van der Waals surface area contributed by atoms with Gasteiger partial charge in [0.25, 0.3) is 5.78 Å². The van der Waals surface area contributed by atoms with Crippen LogP contribution in [0.2, 0.25) is 0 Å². The largest absolute Gasteiger partial charge is 0.294 e. The van der Waals surface area contributed by atoms with Gasteiger partial charge in [-0.15, -0.1) is 5.10 Å². The van der Waals surface area contributed by atoms with Gasteiger partial charge in [0.1, 0.15) is 5.82 Å². The number of nitrogens with zero attached hydrogens (tertiary/aromatic N) is 4. The van der Waals surface area contributed by atoms with Crippen molar-refractivity contribution in [3.8, 4) is 0 Å². The summed E-state index contributed by atoms with van der Waals surface area (Å²) in [6.45, 7) is 2.07. The second-order valence-corrected chi connectivity index (χ2v) is 6.20. The third kappa shape index (κ3) is 2.58. The van der Waals surface area contributed by atoms with Gasteiger partial charge in [-0.1, -0.05) is 19.1 Å². The maximum atomic E-state index is 13.1. The molecule has 0 bridgehead atoms. The predicted octanol–water partition coefficient (Wildman–Crippen LogP) is 3.13. The predicted molar refractivity (Wildman–Crippen MR) is 86.6 cm³/mol. The van der Waals surface area contributed by atoms with Crippen molar-refractivity contribution in [3.63, 3.8) is 0 Å². The number of rotatable bonds is 3. The SMILES string of the molecule is CCCc1nc2nc3c(cn2n1)C(=O)C[C@@H](c1ccc(F)cc1)C3. The summed E-state index contributed by atoms with van der Waals surface area (Å²) in [5.41, 5.74) is 2.34. The lowest BCUT2D eigenvalue weighted by molar-refractivity contribution is 0.0962. The molecule has 5 nitrogen and oxygen atoms in total. The number of hydrogen-bond donors (Lipinski definition) is 0. The number of ketones is 1. The van der Waals surface area contributed by atoms with Gasteiger partial charge in [0.2, 0.25) is 0 Å². The van der Waals surface area contributed by atoms with Crippen molar-refractivity contribution in [1.82, 2.24) is 19.6 Å². The summed E-state index contributed by atoms with van der Waals surface area (Å²) in [4.78, 5) is 21.5. The summed E-state index contributed by atoms with van der Waals surface area (Å²) in [5.74, 6) is 1.08. The first-order chi connectivity index (χ1) is 11.6. The number of carbonyl (C=O) groups is 1. The van der Waals surface area contributed by atoms with E-state index in [0.29, 0.717) is 24.2 Å². The molecule has 1 aromatic carbocycles. The van der Waals surface area contributed by atoms with Crippen LogP contribution >= 0.6 is 0 Å². The van der Waals surface area contributed by atoms with E-state index in [1.54, 1.807) is 22.8 Å². The van der Waals surface area contributed by atoms with Crippen molar-refractivity contribution < 1.29 is 9.18 Å². The van der Waals surface area contributed by atoms with Crippen LogP contribution in [0.1, 0.15) is 53.1 Å². The Morgan fingerprint density at radius 2 is 2.00 bits per heavy atom. The molecule has 1 aliphatic rings. The van der Waals surface area contributed by atoms with Crippen LogP contribution in [0.5, 0.6) is 0 Å². The minimum absolute atomic E-state index is 0.0265. The molecule has 0 saturated heterocycles. The topological polar surface area (TPSA) is 60.1 Å². The fourth-order valence-corrected chi connectivity index (χ4v) is 3.23. The monoisotopic (exact) mass is 324 g/mol. The van der Waals surface area contributed by atoms with E-state index in [-0.39, 0.29) is 17.5 Å². The highest BCUT2D eigenvalue weighted by Crippen LogP contribution is 2.32. The Bertz CT molecular complexity index is 917. The summed E-state index contributed by atoms with van der Waals surface area (Å²) in [6.07, 6.45) is 4.55. The third-order valence-electron chi connectivity index (χ3n) is 4.44. The lowest BCUT2D eigenvalue weighted by Crippen LogP contribution is -2.21. The summed E-state index contributed by atoms with van der Waals surface area (Å²) in [7, 11) is 0. The highest BCUT2D eigenvalue weighted by molar-refractivity contribution is 5.98. The maximum Gasteiger partial charge on any atom is 0.252 e. The quantitative estimate of drug-likeness (QED) is 0.742. The van der Waals surface area contributed by atoms with E-state index in [9.17, 15) is 9.18 Å². The molecule has 122 valence electrons. The molecule has 6 heteroatoms. The van der Waals surface area contributed by atoms with Crippen molar-refractivity contribution in [1.29, 1.82) is 0 Å². The highest BCUT2D eigenvalue weighted by atomic mass is 19.1. The molecule has 1 atom stereocenters. The minimum Gasteiger partial charge on any atom is -0.294 e. The number of aromatic nitrogens is 4. The fraction of sp³-hybridized carbons (Fsp3) is 0.333. The fourth-order valence-electron chi connectivity index (χ4n) is 3.23. The van der Waals surface area contributed by atoms with Gasteiger partial charge in [-0.05, 0) is 36.5 Å². The molecule has 1 aliphatic carbocycles. The van der Waals surface area contributed by atoms with Crippen LogP contribution in [-0.4, -0.2) is 25.4 Å². The lowest BCUT2D eigenvalue weighted by atomic mass is 9.82. The number of fused-ring (bicyclic) bond motifs is 2. The highest BCUT2D eigenvalue weighted by Gasteiger charge is 2.28. The normalized spacial score (nSPS) is 17.2. The number of benzene rings is 1. The molecule has 0 saturated carbocycles. The van der Waals surface area contributed by atoms with Gasteiger partial charge in [-0.25, -0.2) is 13.9 Å². The zero-order chi connectivity index (χ0) is 16.7. The van der Waals surface area contributed by atoms with Gasteiger partial charge in [-0.3, -0.25) is 4.79 Å². The Morgan fingerprint density at radius 1 is 1.21 bits per heavy atom. The molecular formula is C18H17FN4O. The van der Waals surface area contributed by atoms with E-state index < -0.39 is 0 Å². The van der Waals surface area contributed by atoms with E-state index in [2.05, 4.69) is 22.0 Å².